The van der Waals surface area contributed by atoms with Crippen LogP contribution in [0.25, 0.3) is 0 Å². The summed E-state index contributed by atoms with van der Waals surface area (Å²) in [6.45, 7) is 9.98. The van der Waals surface area contributed by atoms with Gasteiger partial charge in [0.15, 0.2) is 0 Å². The van der Waals surface area contributed by atoms with Gasteiger partial charge in [-0.15, -0.1) is 13.2 Å². The minimum absolute atomic E-state index is 0.135. The number of benzene rings is 2. The fraction of sp³-hybridized carbons (Fsp3) is 0.190. The minimum Gasteiger partial charge on any atom is -0.494 e. The van der Waals surface area contributed by atoms with E-state index >= 15 is 0 Å². The van der Waals surface area contributed by atoms with Crippen LogP contribution in [0.1, 0.15) is 17.3 Å². The molecule has 1 N–H and O–H groups in total. The molecule has 0 aliphatic carbocycles. The predicted molar refractivity (Wildman–Crippen MR) is 111 cm³/mol. The molecular formula is C21H24N2O4S. The lowest BCUT2D eigenvalue weighted by Gasteiger charge is -2.19. The quantitative estimate of drug-likeness (QED) is 0.617. The van der Waals surface area contributed by atoms with E-state index in [1.54, 1.807) is 36.4 Å². The Morgan fingerprint density at radius 1 is 1.04 bits per heavy atom. The van der Waals surface area contributed by atoms with E-state index in [0.29, 0.717) is 23.6 Å². The Labute approximate surface area is 166 Å². The van der Waals surface area contributed by atoms with E-state index in [-0.39, 0.29) is 23.9 Å². The van der Waals surface area contributed by atoms with Gasteiger partial charge in [-0.2, -0.15) is 4.31 Å². The van der Waals surface area contributed by atoms with Crippen molar-refractivity contribution in [3.63, 3.8) is 0 Å². The predicted octanol–water partition coefficient (Wildman–Crippen LogP) is 3.70. The number of nitrogens with zero attached hydrogens (tertiary/aromatic N) is 1. The van der Waals surface area contributed by atoms with Crippen molar-refractivity contribution < 1.29 is 17.9 Å². The third kappa shape index (κ3) is 5.31. The van der Waals surface area contributed by atoms with E-state index in [1.165, 1.54) is 28.6 Å². The Morgan fingerprint density at radius 2 is 1.61 bits per heavy atom. The number of anilines is 1. The Morgan fingerprint density at radius 3 is 2.11 bits per heavy atom. The van der Waals surface area contributed by atoms with Crippen LogP contribution in [0.2, 0.25) is 0 Å². The monoisotopic (exact) mass is 400 g/mol. The average Bonchev–Trinajstić information content (AvgIpc) is 2.69. The highest BCUT2D eigenvalue weighted by Gasteiger charge is 2.22. The molecule has 0 radical (unpaired) electrons. The number of carbonyl (C=O) groups excluding carboxylic acids is 1. The van der Waals surface area contributed by atoms with Crippen LogP contribution in [0.5, 0.6) is 5.75 Å². The van der Waals surface area contributed by atoms with Crippen molar-refractivity contribution >= 4 is 21.6 Å². The zero-order valence-electron chi connectivity index (χ0n) is 15.8. The van der Waals surface area contributed by atoms with Crippen molar-refractivity contribution in [2.24, 2.45) is 0 Å². The van der Waals surface area contributed by atoms with Gasteiger partial charge in [0.05, 0.1) is 11.5 Å². The summed E-state index contributed by atoms with van der Waals surface area (Å²) < 4.78 is 32.0. The van der Waals surface area contributed by atoms with Crippen LogP contribution in [-0.2, 0) is 10.0 Å². The number of ether oxygens (including phenoxy) is 1. The summed E-state index contributed by atoms with van der Waals surface area (Å²) in [6.07, 6.45) is 3.04. The average molecular weight is 401 g/mol. The van der Waals surface area contributed by atoms with E-state index in [9.17, 15) is 13.2 Å². The largest absolute Gasteiger partial charge is 0.494 e. The molecule has 1 amide bonds. The first-order valence-electron chi connectivity index (χ1n) is 8.78. The van der Waals surface area contributed by atoms with E-state index in [0.717, 1.165) is 0 Å². The lowest BCUT2D eigenvalue weighted by atomic mass is 10.2. The molecule has 0 saturated heterocycles. The van der Waals surface area contributed by atoms with Crippen LogP contribution in [-0.4, -0.2) is 38.3 Å². The van der Waals surface area contributed by atoms with Crippen molar-refractivity contribution in [3.8, 4) is 5.75 Å². The normalized spacial score (nSPS) is 11.1. The van der Waals surface area contributed by atoms with E-state index < -0.39 is 10.0 Å². The molecule has 0 bridgehead atoms. The molecule has 7 heteroatoms. The van der Waals surface area contributed by atoms with Gasteiger partial charge in [0.2, 0.25) is 10.0 Å². The highest BCUT2D eigenvalue weighted by molar-refractivity contribution is 7.89. The van der Waals surface area contributed by atoms with Crippen LogP contribution in [0.15, 0.2) is 78.7 Å². The standard InChI is InChI=1S/C21H24N2O4S/c1-4-15-23(16-5-2)28(25,26)20-13-9-18(10-14-20)22-21(24)17-7-11-19(12-8-17)27-6-3/h4-5,7-14H,1-2,6,15-16H2,3H3,(H,22,24). The van der Waals surface area contributed by atoms with Crippen LogP contribution in [0.4, 0.5) is 5.69 Å². The highest BCUT2D eigenvalue weighted by atomic mass is 32.2. The lowest BCUT2D eigenvalue weighted by Crippen LogP contribution is -2.31. The van der Waals surface area contributed by atoms with Crippen molar-refractivity contribution in [2.75, 3.05) is 25.0 Å². The summed E-state index contributed by atoms with van der Waals surface area (Å²) in [6, 6.07) is 12.8. The first-order chi connectivity index (χ1) is 13.4. The smallest absolute Gasteiger partial charge is 0.255 e. The number of rotatable bonds is 10. The van der Waals surface area contributed by atoms with Crippen molar-refractivity contribution in [1.82, 2.24) is 4.31 Å². The maximum absolute atomic E-state index is 12.7. The van der Waals surface area contributed by atoms with Gasteiger partial charge in [-0.1, -0.05) is 12.2 Å². The number of carbonyl (C=O) groups is 1. The molecule has 0 saturated carbocycles. The third-order valence-corrected chi connectivity index (χ3v) is 5.69. The number of hydrogen-bond acceptors (Lipinski definition) is 4. The van der Waals surface area contributed by atoms with Crippen LogP contribution >= 0.6 is 0 Å². The van der Waals surface area contributed by atoms with Gasteiger partial charge in [0.25, 0.3) is 5.91 Å². The molecule has 0 unspecified atom stereocenters. The summed E-state index contributed by atoms with van der Waals surface area (Å²) in [5, 5.41) is 2.75. The summed E-state index contributed by atoms with van der Waals surface area (Å²) in [7, 11) is -3.67. The fourth-order valence-corrected chi connectivity index (χ4v) is 3.87. The Bertz CT molecular complexity index is 910. The van der Waals surface area contributed by atoms with E-state index in [1.807, 2.05) is 6.92 Å². The molecule has 0 heterocycles. The van der Waals surface area contributed by atoms with E-state index in [4.69, 9.17) is 4.74 Å². The molecule has 2 aromatic rings. The maximum Gasteiger partial charge on any atom is 0.255 e. The molecule has 0 spiro atoms. The van der Waals surface area contributed by atoms with Crippen molar-refractivity contribution in [1.29, 1.82) is 0 Å². The summed E-state index contributed by atoms with van der Waals surface area (Å²) in [5.41, 5.74) is 0.972. The van der Waals surface area contributed by atoms with Gasteiger partial charge < -0.3 is 10.1 Å². The van der Waals surface area contributed by atoms with E-state index in [2.05, 4.69) is 18.5 Å². The summed E-state index contributed by atoms with van der Waals surface area (Å²) >= 11 is 0. The topological polar surface area (TPSA) is 75.7 Å². The Hall–Kier alpha value is -2.90. The number of nitrogens with one attached hydrogen (secondary N) is 1. The molecule has 0 atom stereocenters. The molecule has 6 nitrogen and oxygen atoms in total. The second-order valence-corrected chi connectivity index (χ2v) is 7.77. The third-order valence-electron chi connectivity index (χ3n) is 3.84. The molecule has 0 aromatic heterocycles. The van der Waals surface area contributed by atoms with Gasteiger partial charge >= 0.3 is 0 Å². The molecule has 148 valence electrons. The summed E-state index contributed by atoms with van der Waals surface area (Å²) in [5.74, 6) is 0.399. The van der Waals surface area contributed by atoms with Gasteiger partial charge in [0, 0.05) is 24.3 Å². The number of sulfonamides is 1. The lowest BCUT2D eigenvalue weighted by molar-refractivity contribution is 0.102. The molecule has 0 aliphatic heterocycles. The zero-order valence-corrected chi connectivity index (χ0v) is 16.6. The number of hydrogen-bond donors (Lipinski definition) is 1. The van der Waals surface area contributed by atoms with Crippen LogP contribution in [0, 0.1) is 0 Å². The second kappa shape index (κ2) is 9.87. The van der Waals surface area contributed by atoms with Crippen LogP contribution in [0.3, 0.4) is 0 Å². The highest BCUT2D eigenvalue weighted by Crippen LogP contribution is 2.19. The molecule has 2 rings (SSSR count). The van der Waals surface area contributed by atoms with Gasteiger partial charge in [0.1, 0.15) is 5.75 Å². The first-order valence-corrected chi connectivity index (χ1v) is 10.2. The Balaban J connectivity index is 2.12. The molecule has 0 aliphatic rings. The molecular weight excluding hydrogens is 376 g/mol. The molecule has 0 fully saturated rings. The summed E-state index contributed by atoms with van der Waals surface area (Å²) in [4.78, 5) is 12.5. The fourth-order valence-electron chi connectivity index (χ4n) is 2.49. The minimum atomic E-state index is -3.67. The molecule has 28 heavy (non-hydrogen) atoms. The van der Waals surface area contributed by atoms with Crippen molar-refractivity contribution in [2.45, 2.75) is 11.8 Å². The first kappa shape index (κ1) is 21.4. The second-order valence-electron chi connectivity index (χ2n) is 5.84. The number of amides is 1. The van der Waals surface area contributed by atoms with Gasteiger partial charge in [-0.3, -0.25) is 4.79 Å². The van der Waals surface area contributed by atoms with Crippen LogP contribution < -0.4 is 10.1 Å². The Kier molecular flexibility index (Phi) is 7.54. The van der Waals surface area contributed by atoms with Gasteiger partial charge in [-0.05, 0) is 55.5 Å². The SMILES string of the molecule is C=CCN(CC=C)S(=O)(=O)c1ccc(NC(=O)c2ccc(OCC)cc2)cc1. The van der Waals surface area contributed by atoms with Gasteiger partial charge in [-0.25, -0.2) is 8.42 Å². The molecule has 2 aromatic carbocycles. The van der Waals surface area contributed by atoms with Crippen molar-refractivity contribution in [3.05, 3.63) is 79.4 Å². The zero-order chi connectivity index (χ0) is 20.6. The maximum atomic E-state index is 12.7.